The minimum Gasteiger partial charge on any atom is -0.208 e. The van der Waals surface area contributed by atoms with Crippen LogP contribution in [0.4, 0.5) is 0 Å². The maximum atomic E-state index is 5.07. The van der Waals surface area contributed by atoms with Gasteiger partial charge in [-0.15, -0.1) is 0 Å². The maximum absolute atomic E-state index is 5.07. The molecule has 0 N–H and O–H groups in total. The van der Waals surface area contributed by atoms with Gasteiger partial charge in [-0.05, 0) is 86.7 Å². The van der Waals surface area contributed by atoms with Crippen molar-refractivity contribution in [3.05, 3.63) is 187 Å². The lowest BCUT2D eigenvalue weighted by atomic mass is 9.68. The highest BCUT2D eigenvalue weighted by Gasteiger charge is 2.43. The molecule has 54 heavy (non-hydrogen) atoms. The van der Waals surface area contributed by atoms with E-state index in [1.165, 1.54) is 71.0 Å². The molecule has 1 heterocycles. The number of fused-ring (bicyclic) bond motifs is 5. The zero-order chi connectivity index (χ0) is 35.9. The lowest BCUT2D eigenvalue weighted by molar-refractivity contribution is 0.353. The molecule has 10 rings (SSSR count). The molecule has 1 spiro atoms. The van der Waals surface area contributed by atoms with Crippen LogP contribution in [0, 0.1) is 0 Å². The fraction of sp³-hybridized carbons (Fsp3) is 0.118. The van der Waals surface area contributed by atoms with Gasteiger partial charge >= 0.3 is 0 Å². The monoisotopic (exact) mass is 693 g/mol. The van der Waals surface area contributed by atoms with Crippen LogP contribution in [-0.4, -0.2) is 15.0 Å². The zero-order valence-electron chi connectivity index (χ0n) is 30.1. The highest BCUT2D eigenvalue weighted by atomic mass is 15.0. The Labute approximate surface area is 317 Å². The van der Waals surface area contributed by atoms with Gasteiger partial charge in [0.2, 0.25) is 0 Å². The summed E-state index contributed by atoms with van der Waals surface area (Å²) in [6.07, 6.45) is 6.45. The second-order valence-electron chi connectivity index (χ2n) is 14.7. The molecule has 0 saturated heterocycles. The van der Waals surface area contributed by atoms with E-state index in [1.54, 1.807) is 0 Å². The van der Waals surface area contributed by atoms with Crippen LogP contribution >= 0.6 is 0 Å². The van der Waals surface area contributed by atoms with E-state index >= 15 is 0 Å². The van der Waals surface area contributed by atoms with Crippen LogP contribution in [0.1, 0.15) is 43.2 Å². The second-order valence-corrected chi connectivity index (χ2v) is 14.7. The minimum absolute atomic E-state index is 0.172. The van der Waals surface area contributed by atoms with Crippen molar-refractivity contribution in [1.29, 1.82) is 0 Å². The largest absolute Gasteiger partial charge is 0.208 e. The Balaban J connectivity index is 1.01. The van der Waals surface area contributed by atoms with Crippen LogP contribution in [0.25, 0.3) is 78.7 Å². The van der Waals surface area contributed by atoms with E-state index < -0.39 is 0 Å². The van der Waals surface area contributed by atoms with Gasteiger partial charge in [0.25, 0.3) is 0 Å². The Kier molecular flexibility index (Phi) is 8.06. The van der Waals surface area contributed by atoms with Gasteiger partial charge in [0.1, 0.15) is 0 Å². The molecule has 0 radical (unpaired) electrons. The molecule has 8 aromatic rings. The molecule has 0 atom stereocenters. The maximum Gasteiger partial charge on any atom is 0.164 e. The molecule has 0 aliphatic heterocycles. The Bertz CT molecular complexity index is 2620. The summed E-state index contributed by atoms with van der Waals surface area (Å²) < 4.78 is 0. The molecule has 1 saturated carbocycles. The van der Waals surface area contributed by atoms with Gasteiger partial charge in [-0.2, -0.15) is 0 Å². The number of rotatable bonds is 6. The predicted octanol–water partition coefficient (Wildman–Crippen LogP) is 13.1. The summed E-state index contributed by atoms with van der Waals surface area (Å²) in [7, 11) is 0. The smallest absolute Gasteiger partial charge is 0.164 e. The normalized spacial score (nSPS) is 14.1. The summed E-state index contributed by atoms with van der Waals surface area (Å²) in [4.78, 5) is 15.1. The molecule has 2 aliphatic rings. The molecule has 3 heteroatoms. The number of nitrogens with zero attached hydrogens (tertiary/aromatic N) is 3. The number of hydrogen-bond donors (Lipinski definition) is 0. The predicted molar refractivity (Wildman–Crippen MR) is 222 cm³/mol. The molecule has 1 fully saturated rings. The third-order valence-electron chi connectivity index (χ3n) is 11.5. The topological polar surface area (TPSA) is 38.7 Å². The van der Waals surface area contributed by atoms with E-state index in [1.807, 2.05) is 24.3 Å². The van der Waals surface area contributed by atoms with Crippen LogP contribution in [0.3, 0.4) is 0 Å². The van der Waals surface area contributed by atoms with E-state index in [9.17, 15) is 0 Å². The molecular weight excluding hydrogens is 655 g/mol. The van der Waals surface area contributed by atoms with Crippen molar-refractivity contribution < 1.29 is 0 Å². The average molecular weight is 694 g/mol. The lowest BCUT2D eigenvalue weighted by Gasteiger charge is -2.36. The van der Waals surface area contributed by atoms with Crippen LogP contribution in [-0.2, 0) is 5.41 Å². The summed E-state index contributed by atoms with van der Waals surface area (Å²) in [6.45, 7) is 0. The van der Waals surface area contributed by atoms with Crippen molar-refractivity contribution in [2.24, 2.45) is 0 Å². The number of aromatic nitrogens is 3. The molecule has 3 nitrogen and oxygen atoms in total. The quantitative estimate of drug-likeness (QED) is 0.174. The molecule has 0 bridgehead atoms. The van der Waals surface area contributed by atoms with Gasteiger partial charge < -0.3 is 0 Å². The van der Waals surface area contributed by atoms with Crippen molar-refractivity contribution >= 4 is 0 Å². The van der Waals surface area contributed by atoms with Crippen molar-refractivity contribution in [3.63, 3.8) is 0 Å². The first-order valence-corrected chi connectivity index (χ1v) is 19.1. The SMILES string of the molecule is c1ccc(-c2ccc(-c3nc(-c4ccccc4)nc(-c4cccc(-c5cccc(-c6ccc7c(c6)-c6ccccc6C76CCCCC6)c5)c4)n3)cc2)cc1. The fourth-order valence-corrected chi connectivity index (χ4v) is 8.85. The molecule has 7 aromatic carbocycles. The number of hydrogen-bond acceptors (Lipinski definition) is 3. The molecule has 258 valence electrons. The third-order valence-corrected chi connectivity index (χ3v) is 11.5. The van der Waals surface area contributed by atoms with E-state index in [4.69, 9.17) is 15.0 Å². The van der Waals surface area contributed by atoms with Crippen LogP contribution in [0.2, 0.25) is 0 Å². The van der Waals surface area contributed by atoms with Crippen LogP contribution in [0.5, 0.6) is 0 Å². The Morgan fingerprint density at radius 1 is 0.296 bits per heavy atom. The minimum atomic E-state index is 0.172. The Hall–Kier alpha value is -6.45. The highest BCUT2D eigenvalue weighted by Crippen LogP contribution is 2.56. The van der Waals surface area contributed by atoms with Gasteiger partial charge in [-0.25, -0.2) is 15.0 Å². The lowest BCUT2D eigenvalue weighted by Crippen LogP contribution is -2.27. The fourth-order valence-electron chi connectivity index (χ4n) is 8.85. The number of benzene rings is 7. The zero-order valence-corrected chi connectivity index (χ0v) is 30.1. The van der Waals surface area contributed by atoms with Crippen molar-refractivity contribution in [3.8, 4) is 78.7 Å². The summed E-state index contributed by atoms with van der Waals surface area (Å²) in [5, 5.41) is 0. The van der Waals surface area contributed by atoms with E-state index in [0.717, 1.165) is 33.4 Å². The standard InChI is InChI=1S/C51H39N3/c1-4-14-35(15-5-1)36-24-26-38(27-25-36)49-52-48(37-16-6-2-7-17-37)53-50(54-49)43-21-13-20-41(33-43)39-18-12-19-40(32-39)42-28-29-47-45(34-42)44-22-8-9-23-46(44)51(47)30-10-3-11-31-51/h1-2,4-9,12-29,32-34H,3,10-11,30-31H2. The van der Waals surface area contributed by atoms with Crippen molar-refractivity contribution in [1.82, 2.24) is 15.0 Å². The van der Waals surface area contributed by atoms with Crippen LogP contribution in [0.15, 0.2) is 176 Å². The first kappa shape index (κ1) is 32.2. The third kappa shape index (κ3) is 5.74. The second kappa shape index (κ2) is 13.5. The Morgan fingerprint density at radius 2 is 0.722 bits per heavy atom. The van der Waals surface area contributed by atoms with E-state index in [0.29, 0.717) is 17.5 Å². The Morgan fingerprint density at radius 3 is 1.39 bits per heavy atom. The van der Waals surface area contributed by atoms with E-state index in [-0.39, 0.29) is 5.41 Å². The summed E-state index contributed by atoms with van der Waals surface area (Å²) >= 11 is 0. The van der Waals surface area contributed by atoms with Crippen molar-refractivity contribution in [2.75, 3.05) is 0 Å². The molecule has 0 unspecified atom stereocenters. The summed E-state index contributed by atoms with van der Waals surface area (Å²) in [5.74, 6) is 1.96. The van der Waals surface area contributed by atoms with Crippen molar-refractivity contribution in [2.45, 2.75) is 37.5 Å². The highest BCUT2D eigenvalue weighted by molar-refractivity contribution is 5.86. The summed E-state index contributed by atoms with van der Waals surface area (Å²) in [5.41, 5.74) is 16.0. The molecule has 2 aliphatic carbocycles. The van der Waals surface area contributed by atoms with Gasteiger partial charge in [0.05, 0.1) is 0 Å². The van der Waals surface area contributed by atoms with Gasteiger partial charge in [-0.3, -0.25) is 0 Å². The molecule has 1 aromatic heterocycles. The van der Waals surface area contributed by atoms with Crippen LogP contribution < -0.4 is 0 Å². The summed E-state index contributed by atoms with van der Waals surface area (Å²) in [6, 6.07) is 62.9. The first-order valence-electron chi connectivity index (χ1n) is 19.1. The van der Waals surface area contributed by atoms with Gasteiger partial charge in [-0.1, -0.05) is 177 Å². The van der Waals surface area contributed by atoms with Gasteiger partial charge in [0, 0.05) is 22.1 Å². The van der Waals surface area contributed by atoms with E-state index in [2.05, 4.69) is 152 Å². The first-order chi connectivity index (χ1) is 26.7. The average Bonchev–Trinajstić information content (AvgIpc) is 3.52. The molecule has 0 amide bonds. The van der Waals surface area contributed by atoms with Gasteiger partial charge in [0.15, 0.2) is 17.5 Å². The molecular formula is C51H39N3.